The standard InChI is InChI=1S/C20H24O4/c1-20(2,17-13-16(21)10-11-18(17)22)12-6-9-19(23)24-14-15-7-4-3-5-8-15/h3-5,7-8,10-11,13,21-22H,6,9,12,14H2,1-2H3. The Morgan fingerprint density at radius 2 is 1.79 bits per heavy atom. The van der Waals surface area contributed by atoms with E-state index in [1.54, 1.807) is 6.07 Å². The molecule has 128 valence electrons. The largest absolute Gasteiger partial charge is 0.508 e. The lowest BCUT2D eigenvalue weighted by molar-refractivity contribution is -0.145. The van der Waals surface area contributed by atoms with Crippen molar-refractivity contribution in [3.05, 3.63) is 59.7 Å². The summed E-state index contributed by atoms with van der Waals surface area (Å²) < 4.78 is 5.26. The Balaban J connectivity index is 1.82. The van der Waals surface area contributed by atoms with Gasteiger partial charge in [0.15, 0.2) is 0 Å². The first-order valence-corrected chi connectivity index (χ1v) is 8.10. The number of rotatable bonds is 7. The van der Waals surface area contributed by atoms with Gasteiger partial charge in [-0.05, 0) is 42.0 Å². The first kappa shape index (κ1) is 17.9. The fourth-order valence-electron chi connectivity index (χ4n) is 2.69. The molecule has 2 aromatic rings. The molecular formula is C20H24O4. The second kappa shape index (κ2) is 7.86. The molecule has 0 radical (unpaired) electrons. The van der Waals surface area contributed by atoms with Gasteiger partial charge in [-0.15, -0.1) is 0 Å². The van der Waals surface area contributed by atoms with E-state index < -0.39 is 0 Å². The van der Waals surface area contributed by atoms with Crippen LogP contribution >= 0.6 is 0 Å². The van der Waals surface area contributed by atoms with E-state index in [1.165, 1.54) is 12.1 Å². The van der Waals surface area contributed by atoms with Crippen LogP contribution in [0.4, 0.5) is 0 Å². The summed E-state index contributed by atoms with van der Waals surface area (Å²) in [7, 11) is 0. The summed E-state index contributed by atoms with van der Waals surface area (Å²) in [5.41, 5.74) is 1.30. The molecule has 0 spiro atoms. The van der Waals surface area contributed by atoms with Gasteiger partial charge in [-0.2, -0.15) is 0 Å². The number of carbonyl (C=O) groups is 1. The Bertz CT molecular complexity index is 677. The highest BCUT2D eigenvalue weighted by molar-refractivity contribution is 5.69. The lowest BCUT2D eigenvalue weighted by Gasteiger charge is -2.26. The molecule has 0 aromatic heterocycles. The smallest absolute Gasteiger partial charge is 0.306 e. The Morgan fingerprint density at radius 3 is 2.50 bits per heavy atom. The number of hydrogen-bond donors (Lipinski definition) is 2. The van der Waals surface area contributed by atoms with Crippen molar-refractivity contribution >= 4 is 5.97 Å². The molecule has 0 aliphatic rings. The zero-order chi connectivity index (χ0) is 17.6. The predicted molar refractivity (Wildman–Crippen MR) is 92.9 cm³/mol. The van der Waals surface area contributed by atoms with E-state index in [2.05, 4.69) is 0 Å². The minimum atomic E-state index is -0.345. The van der Waals surface area contributed by atoms with Gasteiger partial charge in [-0.1, -0.05) is 44.2 Å². The van der Waals surface area contributed by atoms with E-state index in [0.717, 1.165) is 5.56 Å². The predicted octanol–water partition coefficient (Wildman–Crippen LogP) is 4.29. The van der Waals surface area contributed by atoms with Gasteiger partial charge in [0.2, 0.25) is 0 Å². The molecule has 2 aromatic carbocycles. The fourth-order valence-corrected chi connectivity index (χ4v) is 2.69. The van der Waals surface area contributed by atoms with Crippen molar-refractivity contribution < 1.29 is 19.7 Å². The van der Waals surface area contributed by atoms with Crippen molar-refractivity contribution in [2.24, 2.45) is 0 Å². The Labute approximate surface area is 142 Å². The van der Waals surface area contributed by atoms with Crippen molar-refractivity contribution in [1.29, 1.82) is 0 Å². The van der Waals surface area contributed by atoms with Crippen LogP contribution < -0.4 is 0 Å². The summed E-state index contributed by atoms with van der Waals surface area (Å²) in [5.74, 6) is 0.0531. The van der Waals surface area contributed by atoms with Crippen LogP contribution in [-0.2, 0) is 21.6 Å². The van der Waals surface area contributed by atoms with Crippen LogP contribution in [0.25, 0.3) is 0 Å². The van der Waals surface area contributed by atoms with Crippen LogP contribution in [0.2, 0.25) is 0 Å². The number of benzene rings is 2. The van der Waals surface area contributed by atoms with Gasteiger partial charge in [0.25, 0.3) is 0 Å². The number of phenols is 2. The molecule has 0 heterocycles. The number of ether oxygens (including phenoxy) is 1. The molecular weight excluding hydrogens is 304 g/mol. The van der Waals surface area contributed by atoms with E-state index in [4.69, 9.17) is 4.74 Å². The number of phenolic OH excluding ortho intramolecular Hbond substituents is 2. The Kier molecular flexibility index (Phi) is 5.85. The van der Waals surface area contributed by atoms with Gasteiger partial charge in [-0.3, -0.25) is 4.79 Å². The zero-order valence-corrected chi connectivity index (χ0v) is 14.2. The molecule has 0 saturated heterocycles. The summed E-state index contributed by atoms with van der Waals surface area (Å²) in [4.78, 5) is 11.8. The van der Waals surface area contributed by atoms with Crippen molar-refractivity contribution in [1.82, 2.24) is 0 Å². The molecule has 24 heavy (non-hydrogen) atoms. The van der Waals surface area contributed by atoms with Gasteiger partial charge in [-0.25, -0.2) is 0 Å². The number of hydrogen-bond acceptors (Lipinski definition) is 4. The first-order valence-electron chi connectivity index (χ1n) is 8.10. The zero-order valence-electron chi connectivity index (χ0n) is 14.2. The molecule has 0 unspecified atom stereocenters. The molecule has 0 amide bonds. The number of aromatic hydroxyl groups is 2. The molecule has 0 bridgehead atoms. The highest BCUT2D eigenvalue weighted by Gasteiger charge is 2.24. The fraction of sp³-hybridized carbons (Fsp3) is 0.350. The summed E-state index contributed by atoms with van der Waals surface area (Å²) in [6.07, 6.45) is 1.68. The highest BCUT2D eigenvalue weighted by Crippen LogP contribution is 2.36. The minimum absolute atomic E-state index is 0.123. The Morgan fingerprint density at radius 1 is 1.08 bits per heavy atom. The number of esters is 1. The highest BCUT2D eigenvalue weighted by atomic mass is 16.5. The Hall–Kier alpha value is -2.49. The summed E-state index contributed by atoms with van der Waals surface area (Å²) in [6.45, 7) is 4.25. The van der Waals surface area contributed by atoms with Crippen LogP contribution in [0.15, 0.2) is 48.5 Å². The van der Waals surface area contributed by atoms with Crippen molar-refractivity contribution in [3.63, 3.8) is 0 Å². The van der Waals surface area contributed by atoms with Crippen molar-refractivity contribution in [2.75, 3.05) is 0 Å². The van der Waals surface area contributed by atoms with Gasteiger partial charge in [0, 0.05) is 12.0 Å². The average molecular weight is 328 g/mol. The molecule has 0 aliphatic carbocycles. The van der Waals surface area contributed by atoms with Gasteiger partial charge in [0.1, 0.15) is 18.1 Å². The molecule has 4 heteroatoms. The van der Waals surface area contributed by atoms with Crippen LogP contribution in [0, 0.1) is 0 Å². The molecule has 2 rings (SSSR count). The van der Waals surface area contributed by atoms with E-state index >= 15 is 0 Å². The van der Waals surface area contributed by atoms with Crippen LogP contribution in [-0.4, -0.2) is 16.2 Å². The SMILES string of the molecule is CC(C)(CCCC(=O)OCc1ccccc1)c1cc(O)ccc1O. The normalized spacial score (nSPS) is 11.2. The summed E-state index contributed by atoms with van der Waals surface area (Å²) in [6, 6.07) is 14.1. The topological polar surface area (TPSA) is 66.8 Å². The summed E-state index contributed by atoms with van der Waals surface area (Å²) in [5, 5.41) is 19.6. The maximum atomic E-state index is 11.8. The lowest BCUT2D eigenvalue weighted by atomic mass is 9.79. The molecule has 0 fully saturated rings. The van der Waals surface area contributed by atoms with Crippen LogP contribution in [0.3, 0.4) is 0 Å². The van der Waals surface area contributed by atoms with E-state index in [1.807, 2.05) is 44.2 Å². The molecule has 0 atom stereocenters. The van der Waals surface area contributed by atoms with E-state index in [9.17, 15) is 15.0 Å². The molecule has 0 aliphatic heterocycles. The minimum Gasteiger partial charge on any atom is -0.508 e. The third kappa shape index (κ3) is 5.01. The maximum absolute atomic E-state index is 11.8. The summed E-state index contributed by atoms with van der Waals surface area (Å²) >= 11 is 0. The van der Waals surface area contributed by atoms with Crippen molar-refractivity contribution in [2.45, 2.75) is 45.1 Å². The second-order valence-corrected chi connectivity index (χ2v) is 6.59. The molecule has 4 nitrogen and oxygen atoms in total. The maximum Gasteiger partial charge on any atom is 0.306 e. The molecule has 2 N–H and O–H groups in total. The van der Waals surface area contributed by atoms with Crippen LogP contribution in [0.1, 0.15) is 44.2 Å². The average Bonchev–Trinajstić information content (AvgIpc) is 2.56. The van der Waals surface area contributed by atoms with E-state index in [0.29, 0.717) is 24.8 Å². The van der Waals surface area contributed by atoms with Gasteiger partial charge in [0.05, 0.1) is 0 Å². The molecule has 0 saturated carbocycles. The van der Waals surface area contributed by atoms with Gasteiger partial charge >= 0.3 is 5.97 Å². The first-order chi connectivity index (χ1) is 11.4. The van der Waals surface area contributed by atoms with Crippen molar-refractivity contribution in [3.8, 4) is 11.5 Å². The quantitative estimate of drug-likeness (QED) is 0.588. The van der Waals surface area contributed by atoms with Crippen LogP contribution in [0.5, 0.6) is 11.5 Å². The van der Waals surface area contributed by atoms with E-state index in [-0.39, 0.29) is 29.5 Å². The monoisotopic (exact) mass is 328 g/mol. The second-order valence-electron chi connectivity index (χ2n) is 6.59. The third-order valence-corrected chi connectivity index (χ3v) is 4.13. The third-order valence-electron chi connectivity index (χ3n) is 4.13. The lowest BCUT2D eigenvalue weighted by Crippen LogP contribution is -2.18. The van der Waals surface area contributed by atoms with Gasteiger partial charge < -0.3 is 14.9 Å². The number of carbonyl (C=O) groups excluding carboxylic acids is 1.